The average Bonchev–Trinajstić information content (AvgIpc) is 2.59. The Morgan fingerprint density at radius 1 is 1.09 bits per heavy atom. The summed E-state index contributed by atoms with van der Waals surface area (Å²) in [5, 5.41) is 0.979. The van der Waals surface area contributed by atoms with Crippen molar-refractivity contribution < 1.29 is 14.3 Å². The Morgan fingerprint density at radius 3 is 2.52 bits per heavy atom. The minimum atomic E-state index is -0.0684. The number of nitrogens with zero attached hydrogens (tertiary/aromatic N) is 3. The zero-order chi connectivity index (χ0) is 16.2. The standard InChI is InChI=1S/C17H19N3O3/c1-13(21)19-8-10-20(11-9-19)16(22)12-23-15-6-2-4-14-5-3-7-18-17(14)15/h2-7H,8-12H2,1H3. The van der Waals surface area contributed by atoms with Gasteiger partial charge in [-0.3, -0.25) is 14.6 Å². The molecule has 1 aromatic carbocycles. The van der Waals surface area contributed by atoms with Crippen molar-refractivity contribution in [2.45, 2.75) is 6.92 Å². The van der Waals surface area contributed by atoms with E-state index in [2.05, 4.69) is 4.98 Å². The molecule has 0 spiro atoms. The van der Waals surface area contributed by atoms with Crippen molar-refractivity contribution in [2.24, 2.45) is 0 Å². The van der Waals surface area contributed by atoms with E-state index >= 15 is 0 Å². The van der Waals surface area contributed by atoms with Gasteiger partial charge in [0.05, 0.1) is 0 Å². The van der Waals surface area contributed by atoms with Gasteiger partial charge in [-0.1, -0.05) is 18.2 Å². The first-order valence-electron chi connectivity index (χ1n) is 7.65. The SMILES string of the molecule is CC(=O)N1CCN(C(=O)COc2cccc3cccnc23)CC1. The molecule has 0 aliphatic carbocycles. The molecule has 0 radical (unpaired) electrons. The van der Waals surface area contributed by atoms with Crippen LogP contribution in [-0.4, -0.2) is 59.4 Å². The fraction of sp³-hybridized carbons (Fsp3) is 0.353. The number of piperazine rings is 1. The number of carbonyl (C=O) groups excluding carboxylic acids is 2. The van der Waals surface area contributed by atoms with E-state index in [4.69, 9.17) is 4.74 Å². The van der Waals surface area contributed by atoms with Crippen LogP contribution in [0, 0.1) is 0 Å². The molecule has 2 amide bonds. The third kappa shape index (κ3) is 3.41. The molecular weight excluding hydrogens is 294 g/mol. The molecular formula is C17H19N3O3. The maximum Gasteiger partial charge on any atom is 0.260 e. The minimum Gasteiger partial charge on any atom is -0.481 e. The molecule has 120 valence electrons. The molecule has 1 saturated heterocycles. The third-order valence-electron chi connectivity index (χ3n) is 4.02. The number of aromatic nitrogens is 1. The number of ether oxygens (including phenoxy) is 1. The van der Waals surface area contributed by atoms with Gasteiger partial charge in [-0.05, 0) is 12.1 Å². The van der Waals surface area contributed by atoms with Gasteiger partial charge in [-0.15, -0.1) is 0 Å². The van der Waals surface area contributed by atoms with Crippen LogP contribution in [0.2, 0.25) is 0 Å². The lowest BCUT2D eigenvalue weighted by atomic mass is 10.2. The second-order valence-electron chi connectivity index (χ2n) is 5.51. The summed E-state index contributed by atoms with van der Waals surface area (Å²) in [7, 11) is 0. The molecule has 0 saturated carbocycles. The number of rotatable bonds is 3. The van der Waals surface area contributed by atoms with Gasteiger partial charge in [0.1, 0.15) is 11.3 Å². The summed E-state index contributed by atoms with van der Waals surface area (Å²) >= 11 is 0. The van der Waals surface area contributed by atoms with E-state index < -0.39 is 0 Å². The van der Waals surface area contributed by atoms with Gasteiger partial charge in [0, 0.05) is 44.7 Å². The maximum atomic E-state index is 12.3. The molecule has 0 N–H and O–H groups in total. The number of hydrogen-bond donors (Lipinski definition) is 0. The molecule has 2 heterocycles. The van der Waals surface area contributed by atoms with E-state index in [1.165, 1.54) is 0 Å². The van der Waals surface area contributed by atoms with Gasteiger partial charge in [0.15, 0.2) is 6.61 Å². The molecule has 6 nitrogen and oxygen atoms in total. The zero-order valence-electron chi connectivity index (χ0n) is 13.1. The van der Waals surface area contributed by atoms with Crippen LogP contribution in [0.1, 0.15) is 6.92 Å². The largest absolute Gasteiger partial charge is 0.481 e. The normalized spacial score (nSPS) is 14.8. The van der Waals surface area contributed by atoms with Crippen molar-refractivity contribution in [3.05, 3.63) is 36.5 Å². The number of amides is 2. The molecule has 23 heavy (non-hydrogen) atoms. The number of benzene rings is 1. The summed E-state index contributed by atoms with van der Waals surface area (Å²) in [6.45, 7) is 3.79. The Labute approximate surface area is 134 Å². The van der Waals surface area contributed by atoms with Gasteiger partial charge in [0.25, 0.3) is 5.91 Å². The van der Waals surface area contributed by atoms with Crippen LogP contribution < -0.4 is 4.74 Å². The molecule has 3 rings (SSSR count). The third-order valence-corrected chi connectivity index (χ3v) is 4.02. The quantitative estimate of drug-likeness (QED) is 0.857. The number of fused-ring (bicyclic) bond motifs is 1. The van der Waals surface area contributed by atoms with Crippen LogP contribution in [0.3, 0.4) is 0 Å². The van der Waals surface area contributed by atoms with Crippen LogP contribution in [-0.2, 0) is 9.59 Å². The van der Waals surface area contributed by atoms with Gasteiger partial charge < -0.3 is 14.5 Å². The number of pyridine rings is 1. The van der Waals surface area contributed by atoms with Gasteiger partial charge in [0.2, 0.25) is 5.91 Å². The molecule has 1 aromatic heterocycles. The predicted octanol–water partition coefficient (Wildman–Crippen LogP) is 1.30. The Bertz CT molecular complexity index is 719. The molecule has 0 unspecified atom stereocenters. The summed E-state index contributed by atoms with van der Waals surface area (Å²) in [6.07, 6.45) is 1.71. The van der Waals surface area contributed by atoms with Crippen LogP contribution in [0.5, 0.6) is 5.75 Å². The van der Waals surface area contributed by atoms with Crippen molar-refractivity contribution >= 4 is 22.7 Å². The summed E-state index contributed by atoms with van der Waals surface area (Å²) < 4.78 is 5.67. The van der Waals surface area contributed by atoms with E-state index in [0.29, 0.717) is 31.9 Å². The van der Waals surface area contributed by atoms with Crippen LogP contribution >= 0.6 is 0 Å². The van der Waals surface area contributed by atoms with Crippen molar-refractivity contribution in [3.63, 3.8) is 0 Å². The van der Waals surface area contributed by atoms with Crippen molar-refractivity contribution in [2.75, 3.05) is 32.8 Å². The van der Waals surface area contributed by atoms with Crippen LogP contribution in [0.25, 0.3) is 10.9 Å². The first kappa shape index (κ1) is 15.3. The highest BCUT2D eigenvalue weighted by molar-refractivity contribution is 5.85. The fourth-order valence-electron chi connectivity index (χ4n) is 2.69. The number of para-hydroxylation sites is 1. The summed E-state index contributed by atoms with van der Waals surface area (Å²) in [6, 6.07) is 9.48. The summed E-state index contributed by atoms with van der Waals surface area (Å²) in [5.74, 6) is 0.593. The maximum absolute atomic E-state index is 12.3. The van der Waals surface area contributed by atoms with Gasteiger partial charge >= 0.3 is 0 Å². The van der Waals surface area contributed by atoms with E-state index in [9.17, 15) is 9.59 Å². The molecule has 0 bridgehead atoms. The monoisotopic (exact) mass is 313 g/mol. The predicted molar refractivity (Wildman–Crippen MR) is 86.1 cm³/mol. The number of carbonyl (C=O) groups is 2. The number of hydrogen-bond acceptors (Lipinski definition) is 4. The van der Waals surface area contributed by atoms with Crippen molar-refractivity contribution in [1.29, 1.82) is 0 Å². The van der Waals surface area contributed by atoms with Crippen LogP contribution in [0.15, 0.2) is 36.5 Å². The Morgan fingerprint density at radius 2 is 1.78 bits per heavy atom. The topological polar surface area (TPSA) is 62.7 Å². The molecule has 2 aromatic rings. The molecule has 0 atom stereocenters. The zero-order valence-corrected chi connectivity index (χ0v) is 13.1. The van der Waals surface area contributed by atoms with E-state index in [1.54, 1.807) is 22.9 Å². The lowest BCUT2D eigenvalue weighted by Crippen LogP contribution is -2.51. The van der Waals surface area contributed by atoms with E-state index in [1.807, 2.05) is 30.3 Å². The highest BCUT2D eigenvalue weighted by Crippen LogP contribution is 2.22. The molecule has 1 aliphatic heterocycles. The van der Waals surface area contributed by atoms with Gasteiger partial charge in [-0.25, -0.2) is 0 Å². The average molecular weight is 313 g/mol. The highest BCUT2D eigenvalue weighted by Gasteiger charge is 2.22. The smallest absolute Gasteiger partial charge is 0.260 e. The summed E-state index contributed by atoms with van der Waals surface area (Å²) in [4.78, 5) is 31.4. The Balaban J connectivity index is 1.60. The lowest BCUT2D eigenvalue weighted by Gasteiger charge is -2.34. The fourth-order valence-corrected chi connectivity index (χ4v) is 2.69. The molecule has 1 fully saturated rings. The minimum absolute atomic E-state index is 0.0181. The van der Waals surface area contributed by atoms with Crippen molar-refractivity contribution in [3.8, 4) is 5.75 Å². The Hall–Kier alpha value is -2.63. The molecule has 1 aliphatic rings. The second kappa shape index (κ2) is 6.64. The first-order chi connectivity index (χ1) is 11.1. The first-order valence-corrected chi connectivity index (χ1v) is 7.65. The van der Waals surface area contributed by atoms with E-state index in [-0.39, 0.29) is 18.4 Å². The summed E-state index contributed by atoms with van der Waals surface area (Å²) in [5.41, 5.74) is 0.754. The highest BCUT2D eigenvalue weighted by atomic mass is 16.5. The van der Waals surface area contributed by atoms with E-state index in [0.717, 1.165) is 10.9 Å². The lowest BCUT2D eigenvalue weighted by molar-refractivity contribution is -0.139. The Kier molecular flexibility index (Phi) is 4.41. The van der Waals surface area contributed by atoms with Crippen LogP contribution in [0.4, 0.5) is 0 Å². The molecule has 6 heteroatoms. The van der Waals surface area contributed by atoms with Crippen molar-refractivity contribution in [1.82, 2.24) is 14.8 Å². The second-order valence-corrected chi connectivity index (χ2v) is 5.51. The van der Waals surface area contributed by atoms with Gasteiger partial charge in [-0.2, -0.15) is 0 Å².